The molecule has 2 rings (SSSR count). The van der Waals surface area contributed by atoms with E-state index < -0.39 is 0 Å². The van der Waals surface area contributed by atoms with Gasteiger partial charge in [0.05, 0.1) is 11.4 Å². The molecule has 0 amide bonds. The fourth-order valence-corrected chi connectivity index (χ4v) is 2.51. The molecule has 162 valence electrons. The average molecular weight is 429 g/mol. The van der Waals surface area contributed by atoms with Gasteiger partial charge in [-0.3, -0.25) is 4.99 Å². The second kappa shape index (κ2) is 18.1. The van der Waals surface area contributed by atoms with Crippen molar-refractivity contribution in [2.75, 3.05) is 5.32 Å². The summed E-state index contributed by atoms with van der Waals surface area (Å²) in [5, 5.41) is 4.03. The van der Waals surface area contributed by atoms with E-state index in [0.29, 0.717) is 5.02 Å². The Morgan fingerprint density at radius 2 is 1.53 bits per heavy atom. The number of anilines is 1. The summed E-state index contributed by atoms with van der Waals surface area (Å²) in [4.78, 5) is 20.9. The van der Waals surface area contributed by atoms with Crippen molar-refractivity contribution >= 4 is 29.2 Å². The molecule has 0 bridgehead atoms. The Labute approximate surface area is 186 Å². The molecule has 5 heteroatoms. The number of hydrogen-bond donors (Lipinski definition) is 1. The molecule has 2 aromatic rings. The van der Waals surface area contributed by atoms with Crippen molar-refractivity contribution in [1.82, 2.24) is 0 Å². The molecule has 0 fully saturated rings. The number of carbonyl (C=O) groups excluding carboxylic acids is 2. The number of allylic oxidation sites excluding steroid dienone is 1. The monoisotopic (exact) mass is 428 g/mol. The summed E-state index contributed by atoms with van der Waals surface area (Å²) in [7, 11) is 0. The van der Waals surface area contributed by atoms with Gasteiger partial charge in [-0.05, 0) is 38.5 Å². The highest BCUT2D eigenvalue weighted by atomic mass is 35.5. The lowest BCUT2D eigenvalue weighted by Crippen LogP contribution is -2.04. The summed E-state index contributed by atoms with van der Waals surface area (Å²) >= 11 is 6.24. The van der Waals surface area contributed by atoms with Gasteiger partial charge in [-0.25, -0.2) is 0 Å². The van der Waals surface area contributed by atoms with Crippen LogP contribution < -0.4 is 5.32 Å². The van der Waals surface area contributed by atoms with E-state index in [1.807, 2.05) is 90.1 Å². The molecule has 0 aliphatic rings. The van der Waals surface area contributed by atoms with Gasteiger partial charge < -0.3 is 5.32 Å². The smallest absolute Gasteiger partial charge is 0.354 e. The van der Waals surface area contributed by atoms with Crippen LogP contribution in [-0.4, -0.2) is 11.9 Å². The predicted molar refractivity (Wildman–Crippen MR) is 129 cm³/mol. The van der Waals surface area contributed by atoms with E-state index in [-0.39, 0.29) is 6.15 Å². The van der Waals surface area contributed by atoms with Crippen molar-refractivity contribution in [2.24, 2.45) is 4.99 Å². The Balaban J connectivity index is 0. The van der Waals surface area contributed by atoms with Crippen LogP contribution in [0.1, 0.15) is 52.7 Å². The predicted octanol–water partition coefficient (Wildman–Crippen LogP) is 7.46. The van der Waals surface area contributed by atoms with Gasteiger partial charge in [0.2, 0.25) is 0 Å². The Morgan fingerprint density at radius 1 is 1.03 bits per heavy atom. The van der Waals surface area contributed by atoms with E-state index in [4.69, 9.17) is 21.2 Å². The van der Waals surface area contributed by atoms with Crippen molar-refractivity contribution in [3.05, 3.63) is 88.7 Å². The van der Waals surface area contributed by atoms with Gasteiger partial charge in [0.25, 0.3) is 0 Å². The van der Waals surface area contributed by atoms with Gasteiger partial charge in [-0.15, -0.1) is 0 Å². The van der Waals surface area contributed by atoms with Crippen molar-refractivity contribution in [2.45, 2.75) is 48.5 Å². The summed E-state index contributed by atoms with van der Waals surface area (Å²) in [6.45, 7) is 18.1. The summed E-state index contributed by atoms with van der Waals surface area (Å²) < 4.78 is 0. The first-order valence-corrected chi connectivity index (χ1v) is 10.3. The number of para-hydroxylation sites is 1. The summed E-state index contributed by atoms with van der Waals surface area (Å²) in [6, 6.07) is 15.8. The van der Waals surface area contributed by atoms with Gasteiger partial charge >= 0.3 is 6.15 Å². The van der Waals surface area contributed by atoms with E-state index in [1.165, 1.54) is 0 Å². The molecule has 0 radical (unpaired) electrons. The third-order valence-electron chi connectivity index (χ3n) is 3.57. The van der Waals surface area contributed by atoms with E-state index in [1.54, 1.807) is 0 Å². The van der Waals surface area contributed by atoms with Crippen LogP contribution in [0, 0.1) is 6.92 Å². The maximum absolute atomic E-state index is 8.12. The van der Waals surface area contributed by atoms with Crippen LogP contribution in [0.2, 0.25) is 5.02 Å². The van der Waals surface area contributed by atoms with E-state index in [2.05, 4.69) is 29.9 Å². The Kier molecular flexibility index (Phi) is 17.7. The summed E-state index contributed by atoms with van der Waals surface area (Å²) in [5.74, 6) is 0. The largest absolute Gasteiger partial charge is 0.373 e. The molecule has 0 atom stereocenters. The van der Waals surface area contributed by atoms with Crippen molar-refractivity contribution < 1.29 is 9.59 Å². The van der Waals surface area contributed by atoms with E-state index in [9.17, 15) is 0 Å². The van der Waals surface area contributed by atoms with Crippen LogP contribution in [0.25, 0.3) is 0 Å². The van der Waals surface area contributed by atoms with E-state index >= 15 is 0 Å². The van der Waals surface area contributed by atoms with Gasteiger partial charge in [-0.2, -0.15) is 9.59 Å². The summed E-state index contributed by atoms with van der Waals surface area (Å²) in [5.41, 5.74) is 5.53. The molecule has 4 nitrogen and oxygen atoms in total. The first kappa shape index (κ1) is 29.3. The van der Waals surface area contributed by atoms with Crippen LogP contribution in [0.3, 0.4) is 0 Å². The highest BCUT2D eigenvalue weighted by Crippen LogP contribution is 2.21. The molecule has 0 aliphatic heterocycles. The van der Waals surface area contributed by atoms with Gasteiger partial charge in [-0.1, -0.05) is 88.3 Å². The maximum atomic E-state index is 8.12. The third kappa shape index (κ3) is 10.6. The zero-order valence-electron chi connectivity index (χ0n) is 19.0. The number of nitrogens with zero attached hydrogens (tertiary/aromatic N) is 1. The Hall–Kier alpha value is -2.94. The molecule has 0 heterocycles. The highest BCUT2D eigenvalue weighted by molar-refractivity contribution is 6.34. The molecule has 2 aromatic carbocycles. The number of aliphatic imine (C=N–C) groups is 1. The maximum Gasteiger partial charge on any atom is 0.373 e. The number of halogens is 1. The number of aryl methyl sites for hydroxylation is 1. The van der Waals surface area contributed by atoms with Crippen molar-refractivity contribution in [3.63, 3.8) is 0 Å². The molecular formula is C25H33ClN2O2. The van der Waals surface area contributed by atoms with Crippen LogP contribution >= 0.6 is 11.6 Å². The number of rotatable bonds is 5. The first-order chi connectivity index (χ1) is 14.4. The number of nitrogens with one attached hydrogen (secondary N) is 1. The lowest BCUT2D eigenvalue weighted by Gasteiger charge is -2.13. The second-order valence-electron chi connectivity index (χ2n) is 5.35. The number of benzene rings is 2. The van der Waals surface area contributed by atoms with Gasteiger partial charge in [0.1, 0.15) is 0 Å². The Morgan fingerprint density at radius 3 is 2.03 bits per heavy atom. The minimum atomic E-state index is 0.250. The number of hydrogen-bond acceptors (Lipinski definition) is 4. The second-order valence-corrected chi connectivity index (χ2v) is 5.76. The molecule has 0 aliphatic carbocycles. The molecule has 1 N–H and O–H groups in total. The lowest BCUT2D eigenvalue weighted by molar-refractivity contribution is -0.191. The lowest BCUT2D eigenvalue weighted by atomic mass is 10.1. The van der Waals surface area contributed by atoms with Crippen LogP contribution in [-0.2, 0) is 9.59 Å². The fraction of sp³-hybridized carbons (Fsp3) is 0.280. The quantitative estimate of drug-likeness (QED) is 0.397. The topological polar surface area (TPSA) is 58.5 Å². The van der Waals surface area contributed by atoms with Crippen LogP contribution in [0.5, 0.6) is 0 Å². The Bertz CT molecular complexity index is 865. The third-order valence-corrected chi connectivity index (χ3v) is 3.89. The molecule has 0 aromatic heterocycles. The van der Waals surface area contributed by atoms with E-state index in [0.717, 1.165) is 33.9 Å². The minimum Gasteiger partial charge on any atom is -0.354 e. The highest BCUT2D eigenvalue weighted by Gasteiger charge is 2.07. The molecule has 30 heavy (non-hydrogen) atoms. The minimum absolute atomic E-state index is 0.250. The van der Waals surface area contributed by atoms with Gasteiger partial charge in [0, 0.05) is 22.0 Å². The molecule has 0 spiro atoms. The average Bonchev–Trinajstić information content (AvgIpc) is 2.77. The zero-order valence-corrected chi connectivity index (χ0v) is 19.8. The zero-order chi connectivity index (χ0) is 23.5. The standard InChI is InChI=1S/C20H21ClN2.2C2H6.CO2/c1-5-19(16(4)23-20-13-9-6-10-14(20)2)22-15(3)17-11-7-8-12-18(17)21;2*1-2;2-1-3/h5-13,23H,4H2,1-3H3;2*1-2H3;/b19-5-,22-15?;;;. The molecule has 0 saturated carbocycles. The molecule has 0 unspecified atom stereocenters. The van der Waals surface area contributed by atoms with Crippen LogP contribution in [0.4, 0.5) is 5.69 Å². The van der Waals surface area contributed by atoms with Crippen molar-refractivity contribution in [3.8, 4) is 0 Å². The summed E-state index contributed by atoms with van der Waals surface area (Å²) in [6.07, 6.45) is 2.19. The SMILES string of the molecule is C=C(Nc1ccccc1C)/C(=C/C)N=C(C)c1ccccc1Cl.CC.CC.O=C=O. The first-order valence-electron chi connectivity index (χ1n) is 9.92. The normalized spacial score (nSPS) is 10.0. The molecule has 0 saturated heterocycles. The van der Waals surface area contributed by atoms with Crippen LogP contribution in [0.15, 0.2) is 77.6 Å². The molecular weight excluding hydrogens is 396 g/mol. The van der Waals surface area contributed by atoms with Gasteiger partial charge in [0.15, 0.2) is 0 Å². The fourth-order valence-electron chi connectivity index (χ4n) is 2.24. The van der Waals surface area contributed by atoms with Crippen molar-refractivity contribution in [1.29, 1.82) is 0 Å².